The van der Waals surface area contributed by atoms with Crippen LogP contribution in [0.25, 0.3) is 0 Å². The molecule has 0 amide bonds. The third-order valence-electron chi connectivity index (χ3n) is 10.7. The van der Waals surface area contributed by atoms with Crippen LogP contribution in [0.1, 0.15) is 58.6 Å². The molecule has 5 heterocycles. The molecule has 188 valence electrons. The van der Waals surface area contributed by atoms with Crippen molar-refractivity contribution >= 4 is 17.7 Å². The molecule has 35 heavy (non-hydrogen) atoms. The number of Topliss-reactive ketones (excluding diaryl/α,β-unsaturated/α-hetero) is 1. The number of hydrogen-bond donors (Lipinski definition) is 1. The van der Waals surface area contributed by atoms with Gasteiger partial charge in [0.25, 0.3) is 0 Å². The lowest BCUT2D eigenvalue weighted by atomic mass is 9.36. The molecule has 0 unspecified atom stereocenters. The largest absolute Gasteiger partial charge is 0.472 e. The van der Waals surface area contributed by atoms with E-state index in [1.807, 2.05) is 27.7 Å². The lowest BCUT2D eigenvalue weighted by Gasteiger charge is -2.66. The van der Waals surface area contributed by atoms with Gasteiger partial charge in [0.15, 0.2) is 11.9 Å². The van der Waals surface area contributed by atoms with Crippen LogP contribution in [0.5, 0.6) is 0 Å². The van der Waals surface area contributed by atoms with E-state index in [1.54, 1.807) is 12.3 Å². The third-order valence-corrected chi connectivity index (χ3v) is 10.7. The summed E-state index contributed by atoms with van der Waals surface area (Å²) in [6.07, 6.45) is 1.02. The minimum atomic E-state index is -1.37. The highest BCUT2D eigenvalue weighted by molar-refractivity contribution is 5.92. The molecule has 2 aliphatic carbocycles. The second-order valence-corrected chi connectivity index (χ2v) is 12.3. The van der Waals surface area contributed by atoms with Gasteiger partial charge in [0, 0.05) is 21.8 Å². The number of aliphatic hydroxyl groups is 1. The van der Waals surface area contributed by atoms with Gasteiger partial charge in [-0.1, -0.05) is 13.8 Å². The Morgan fingerprint density at radius 1 is 1.06 bits per heavy atom. The molecule has 2 spiro atoms. The number of rotatable bonds is 1. The van der Waals surface area contributed by atoms with Gasteiger partial charge in [0.05, 0.1) is 36.6 Å². The molecule has 7 rings (SSSR count). The van der Waals surface area contributed by atoms with Gasteiger partial charge in [-0.05, 0) is 38.7 Å². The number of carbonyl (C=O) groups excluding carboxylic acids is 3. The predicted octanol–water partition coefficient (Wildman–Crippen LogP) is 2.11. The van der Waals surface area contributed by atoms with Gasteiger partial charge in [-0.3, -0.25) is 9.59 Å². The molecular weight excluding hydrogens is 456 g/mol. The minimum absolute atomic E-state index is 0.0520. The van der Waals surface area contributed by atoms with Crippen molar-refractivity contribution in [2.45, 2.75) is 82.6 Å². The molecule has 6 aliphatic rings. The Kier molecular flexibility index (Phi) is 3.88. The molecule has 0 bridgehead atoms. The fraction of sp³-hybridized carbons (Fsp3) is 0.731. The van der Waals surface area contributed by atoms with Gasteiger partial charge in [0.2, 0.25) is 0 Å². The summed E-state index contributed by atoms with van der Waals surface area (Å²) >= 11 is 0. The molecule has 0 radical (unpaired) electrons. The molecular formula is C26H30O9. The lowest BCUT2D eigenvalue weighted by molar-refractivity contribution is -0.252. The van der Waals surface area contributed by atoms with Crippen LogP contribution in [0.2, 0.25) is 0 Å². The smallest absolute Gasteiger partial charge is 0.339 e. The minimum Gasteiger partial charge on any atom is -0.472 e. The highest BCUT2D eigenvalue weighted by Gasteiger charge is 2.90. The third kappa shape index (κ3) is 2.14. The summed E-state index contributed by atoms with van der Waals surface area (Å²) in [7, 11) is 0. The van der Waals surface area contributed by atoms with Gasteiger partial charge in [0.1, 0.15) is 24.4 Å². The van der Waals surface area contributed by atoms with Crippen molar-refractivity contribution < 1.29 is 42.9 Å². The van der Waals surface area contributed by atoms with Crippen LogP contribution in [0, 0.1) is 28.1 Å². The number of cyclic esters (lactones) is 2. The standard InChI is InChI=1S/C26H30O9/c1-22(2)17-16(28)18(29)24(4)13(25(17)11-32-15(27)9-14(25)34-22)5-7-23(3)19(12-6-8-31-10-12)33-21(30)20-26(23,24)35-20/h6,8,10,13-14,17-20,29H,5,7,9,11H2,1-4H3/t13-,14+,17+,18+,19-,20-,23-,24+,25+,26-/m1/s1. The van der Waals surface area contributed by atoms with Crippen molar-refractivity contribution in [2.75, 3.05) is 6.61 Å². The SMILES string of the molecule is CC1(C)O[C@H]2CC(=O)OC[C@@]23[C@H]1C(=O)[C@H](O)[C@]1(C)[C@H]3CC[C@]2(C)[C@@H](c3ccoc3)OC(=O)[C@H]3O[C@@]312. The number of hydrogen-bond acceptors (Lipinski definition) is 9. The van der Waals surface area contributed by atoms with Gasteiger partial charge < -0.3 is 28.5 Å². The Bertz CT molecular complexity index is 1160. The number of ketones is 1. The molecule has 1 aromatic rings. The molecule has 4 saturated heterocycles. The van der Waals surface area contributed by atoms with E-state index < -0.39 is 63.8 Å². The summed E-state index contributed by atoms with van der Waals surface area (Å²) in [5, 5.41) is 11.8. The van der Waals surface area contributed by atoms with Crippen molar-refractivity contribution in [1.29, 1.82) is 0 Å². The first-order valence-electron chi connectivity index (χ1n) is 12.4. The number of epoxide rings is 1. The Morgan fingerprint density at radius 3 is 2.54 bits per heavy atom. The molecule has 9 heteroatoms. The van der Waals surface area contributed by atoms with Crippen molar-refractivity contribution in [3.05, 3.63) is 24.2 Å². The Balaban J connectivity index is 1.43. The first-order chi connectivity index (χ1) is 16.4. The van der Waals surface area contributed by atoms with E-state index in [0.29, 0.717) is 12.8 Å². The highest BCUT2D eigenvalue weighted by atomic mass is 16.7. The van der Waals surface area contributed by atoms with E-state index in [4.69, 9.17) is 23.4 Å². The number of fused-ring (bicyclic) bond motifs is 1. The van der Waals surface area contributed by atoms with E-state index in [0.717, 1.165) is 5.56 Å². The predicted molar refractivity (Wildman–Crippen MR) is 116 cm³/mol. The van der Waals surface area contributed by atoms with Crippen molar-refractivity contribution in [1.82, 2.24) is 0 Å². The van der Waals surface area contributed by atoms with Crippen LogP contribution < -0.4 is 0 Å². The molecule has 0 aromatic carbocycles. The maximum Gasteiger partial charge on any atom is 0.339 e. The molecule has 4 aliphatic heterocycles. The summed E-state index contributed by atoms with van der Waals surface area (Å²) in [5.74, 6) is -2.09. The van der Waals surface area contributed by atoms with Crippen molar-refractivity contribution in [3.8, 4) is 0 Å². The van der Waals surface area contributed by atoms with Crippen molar-refractivity contribution in [2.24, 2.45) is 28.1 Å². The topological polar surface area (TPSA) is 125 Å². The fourth-order valence-corrected chi connectivity index (χ4v) is 9.52. The van der Waals surface area contributed by atoms with E-state index >= 15 is 0 Å². The normalized spacial score (nSPS) is 53.3. The average Bonchev–Trinajstić information content (AvgIpc) is 3.26. The number of furan rings is 1. The molecule has 9 nitrogen and oxygen atoms in total. The first-order valence-corrected chi connectivity index (χ1v) is 12.4. The fourth-order valence-electron chi connectivity index (χ4n) is 9.52. The van der Waals surface area contributed by atoms with Crippen LogP contribution in [0.4, 0.5) is 0 Å². The number of aliphatic hydroxyl groups excluding tert-OH is 1. The quantitative estimate of drug-likeness (QED) is 0.469. The zero-order valence-electron chi connectivity index (χ0n) is 20.2. The Labute approximate surface area is 202 Å². The van der Waals surface area contributed by atoms with Crippen molar-refractivity contribution in [3.63, 3.8) is 0 Å². The Morgan fingerprint density at radius 2 is 1.83 bits per heavy atom. The summed E-state index contributed by atoms with van der Waals surface area (Å²) in [6.45, 7) is 7.66. The summed E-state index contributed by atoms with van der Waals surface area (Å²) in [4.78, 5) is 39.6. The van der Waals surface area contributed by atoms with E-state index in [1.165, 1.54) is 6.26 Å². The van der Waals surface area contributed by atoms with Crippen LogP contribution in [-0.4, -0.2) is 58.9 Å². The summed E-state index contributed by atoms with van der Waals surface area (Å²) < 4.78 is 29.6. The molecule has 1 N–H and O–H groups in total. The molecule has 6 fully saturated rings. The number of carbonyl (C=O) groups is 3. The molecule has 1 aromatic heterocycles. The zero-order chi connectivity index (χ0) is 24.8. The number of ether oxygens (including phenoxy) is 4. The van der Waals surface area contributed by atoms with Crippen LogP contribution in [-0.2, 0) is 33.3 Å². The average molecular weight is 487 g/mol. The van der Waals surface area contributed by atoms with Gasteiger partial charge in [-0.25, -0.2) is 4.79 Å². The van der Waals surface area contributed by atoms with E-state index in [-0.39, 0.29) is 30.7 Å². The number of esters is 2. The second-order valence-electron chi connectivity index (χ2n) is 12.3. The summed E-state index contributed by atoms with van der Waals surface area (Å²) in [6, 6.07) is 1.77. The maximum atomic E-state index is 14.1. The van der Waals surface area contributed by atoms with E-state index in [2.05, 4.69) is 0 Å². The Hall–Kier alpha value is -2.23. The second kappa shape index (κ2) is 6.18. The first kappa shape index (κ1) is 22.0. The van der Waals surface area contributed by atoms with Gasteiger partial charge in [-0.2, -0.15) is 0 Å². The van der Waals surface area contributed by atoms with Gasteiger partial charge >= 0.3 is 11.9 Å². The lowest BCUT2D eigenvalue weighted by Crippen LogP contribution is -2.76. The van der Waals surface area contributed by atoms with E-state index in [9.17, 15) is 19.5 Å². The highest BCUT2D eigenvalue weighted by Crippen LogP contribution is 2.80. The molecule has 2 saturated carbocycles. The maximum absolute atomic E-state index is 14.1. The summed E-state index contributed by atoms with van der Waals surface area (Å²) in [5.41, 5.74) is -3.90. The molecule has 10 atom stereocenters. The monoisotopic (exact) mass is 486 g/mol. The van der Waals surface area contributed by atoms with Gasteiger partial charge in [-0.15, -0.1) is 0 Å². The van der Waals surface area contributed by atoms with Crippen LogP contribution >= 0.6 is 0 Å². The van der Waals surface area contributed by atoms with Crippen LogP contribution in [0.3, 0.4) is 0 Å². The van der Waals surface area contributed by atoms with Crippen LogP contribution in [0.15, 0.2) is 23.0 Å². The zero-order valence-corrected chi connectivity index (χ0v) is 20.2.